The molecule has 0 radical (unpaired) electrons. The van der Waals surface area contributed by atoms with Gasteiger partial charge in [-0.1, -0.05) is 56.3 Å². The summed E-state index contributed by atoms with van der Waals surface area (Å²) in [5.74, 6) is -1.09. The molecule has 0 saturated carbocycles. The maximum Gasteiger partial charge on any atom is 0.379 e. The zero-order valence-corrected chi connectivity index (χ0v) is 13.1. The van der Waals surface area contributed by atoms with Crippen LogP contribution in [0.1, 0.15) is 42.6 Å². The molecule has 0 aliphatic rings. The summed E-state index contributed by atoms with van der Waals surface area (Å²) in [6, 6.07) is 15.3. The Morgan fingerprint density at radius 3 is 2.32 bits per heavy atom. The summed E-state index contributed by atoms with van der Waals surface area (Å²) in [5, 5.41) is 0. The van der Waals surface area contributed by atoms with Crippen LogP contribution in [0.4, 0.5) is 0 Å². The second kappa shape index (κ2) is 7.03. The number of rotatable bonds is 5. The van der Waals surface area contributed by atoms with E-state index in [1.807, 2.05) is 36.4 Å². The fourth-order valence-electron chi connectivity index (χ4n) is 2.38. The molecule has 0 atom stereocenters. The molecular formula is C19H20O3. The van der Waals surface area contributed by atoms with Crippen molar-refractivity contribution in [2.24, 2.45) is 0 Å². The zero-order valence-electron chi connectivity index (χ0n) is 13.1. The van der Waals surface area contributed by atoms with E-state index in [2.05, 4.69) is 13.8 Å². The van der Waals surface area contributed by atoms with Gasteiger partial charge in [0, 0.05) is 5.56 Å². The van der Waals surface area contributed by atoms with E-state index in [-0.39, 0.29) is 6.61 Å². The summed E-state index contributed by atoms with van der Waals surface area (Å²) in [7, 11) is 0. The standard InChI is InChI=1S/C19H20O3/c1-4-22-19(21)18(20)15-10-11-16(13(2)3)17(12-15)14-8-6-5-7-9-14/h5-13H,4H2,1-3H3. The number of hydrogen-bond donors (Lipinski definition) is 0. The summed E-state index contributed by atoms with van der Waals surface area (Å²) in [4.78, 5) is 23.8. The number of carbonyl (C=O) groups excluding carboxylic acids is 2. The minimum atomic E-state index is -0.807. The van der Waals surface area contributed by atoms with Gasteiger partial charge in [0.25, 0.3) is 5.78 Å². The molecule has 3 heteroatoms. The molecule has 0 aliphatic heterocycles. The van der Waals surface area contributed by atoms with Crippen LogP contribution in [0, 0.1) is 0 Å². The first-order valence-corrected chi connectivity index (χ1v) is 7.45. The van der Waals surface area contributed by atoms with Crippen LogP contribution in [0.5, 0.6) is 0 Å². The molecule has 0 saturated heterocycles. The fraction of sp³-hybridized carbons (Fsp3) is 0.263. The average molecular weight is 296 g/mol. The summed E-state index contributed by atoms with van der Waals surface area (Å²) in [5.41, 5.74) is 3.52. The maximum absolute atomic E-state index is 12.1. The summed E-state index contributed by atoms with van der Waals surface area (Å²) < 4.78 is 4.79. The third-order valence-corrected chi connectivity index (χ3v) is 3.48. The molecule has 0 aliphatic carbocycles. The molecule has 0 fully saturated rings. The Morgan fingerprint density at radius 1 is 1.05 bits per heavy atom. The van der Waals surface area contributed by atoms with Crippen molar-refractivity contribution in [3.8, 4) is 11.1 Å². The fourth-order valence-corrected chi connectivity index (χ4v) is 2.38. The molecule has 22 heavy (non-hydrogen) atoms. The quantitative estimate of drug-likeness (QED) is 0.471. The van der Waals surface area contributed by atoms with Gasteiger partial charge in [-0.05, 0) is 35.6 Å². The smallest absolute Gasteiger partial charge is 0.379 e. The average Bonchev–Trinajstić information content (AvgIpc) is 2.54. The van der Waals surface area contributed by atoms with E-state index in [1.165, 1.54) is 0 Å². The number of ketones is 1. The molecule has 0 N–H and O–H groups in total. The van der Waals surface area contributed by atoms with Gasteiger partial charge in [-0.2, -0.15) is 0 Å². The van der Waals surface area contributed by atoms with Crippen molar-refractivity contribution in [2.45, 2.75) is 26.7 Å². The van der Waals surface area contributed by atoms with Crippen molar-refractivity contribution in [1.29, 1.82) is 0 Å². The largest absolute Gasteiger partial charge is 0.460 e. The molecule has 2 rings (SSSR count). The lowest BCUT2D eigenvalue weighted by molar-refractivity contribution is -0.137. The second-order valence-electron chi connectivity index (χ2n) is 5.37. The van der Waals surface area contributed by atoms with Crippen LogP contribution in [0.15, 0.2) is 48.5 Å². The Hall–Kier alpha value is -2.42. The van der Waals surface area contributed by atoms with Crippen molar-refractivity contribution in [1.82, 2.24) is 0 Å². The van der Waals surface area contributed by atoms with Gasteiger partial charge >= 0.3 is 5.97 Å². The molecule has 0 heterocycles. The number of ether oxygens (including phenoxy) is 1. The molecule has 0 spiro atoms. The van der Waals surface area contributed by atoms with Crippen molar-refractivity contribution in [2.75, 3.05) is 6.61 Å². The van der Waals surface area contributed by atoms with Crippen LogP contribution in [0.2, 0.25) is 0 Å². The van der Waals surface area contributed by atoms with Gasteiger partial charge in [-0.25, -0.2) is 4.79 Å². The van der Waals surface area contributed by atoms with Crippen molar-refractivity contribution in [3.63, 3.8) is 0 Å². The van der Waals surface area contributed by atoms with Crippen molar-refractivity contribution in [3.05, 3.63) is 59.7 Å². The number of hydrogen-bond acceptors (Lipinski definition) is 3. The van der Waals surface area contributed by atoms with E-state index in [4.69, 9.17) is 4.74 Å². The van der Waals surface area contributed by atoms with Crippen LogP contribution in [-0.2, 0) is 9.53 Å². The van der Waals surface area contributed by atoms with E-state index in [1.54, 1.807) is 19.1 Å². The Balaban J connectivity index is 2.49. The minimum Gasteiger partial charge on any atom is -0.460 e. The van der Waals surface area contributed by atoms with Crippen molar-refractivity contribution < 1.29 is 14.3 Å². The van der Waals surface area contributed by atoms with Crippen LogP contribution >= 0.6 is 0 Å². The first kappa shape index (κ1) is 16.0. The molecule has 3 nitrogen and oxygen atoms in total. The normalized spacial score (nSPS) is 10.5. The predicted octanol–water partition coefficient (Wildman–Crippen LogP) is 4.22. The molecular weight excluding hydrogens is 276 g/mol. The van der Waals surface area contributed by atoms with Gasteiger partial charge < -0.3 is 4.74 Å². The Kier molecular flexibility index (Phi) is 5.10. The van der Waals surface area contributed by atoms with E-state index in [9.17, 15) is 9.59 Å². The number of Topliss-reactive ketones (excluding diaryl/α,β-unsaturated/α-hetero) is 1. The topological polar surface area (TPSA) is 43.4 Å². The highest BCUT2D eigenvalue weighted by molar-refractivity contribution is 6.40. The maximum atomic E-state index is 12.1. The Bertz CT molecular complexity index is 672. The molecule has 114 valence electrons. The lowest BCUT2D eigenvalue weighted by Gasteiger charge is -2.14. The molecule has 0 aromatic heterocycles. The minimum absolute atomic E-state index is 0.195. The lowest BCUT2D eigenvalue weighted by atomic mass is 9.90. The highest BCUT2D eigenvalue weighted by Crippen LogP contribution is 2.30. The second-order valence-corrected chi connectivity index (χ2v) is 5.37. The van der Waals surface area contributed by atoms with Crippen LogP contribution < -0.4 is 0 Å². The van der Waals surface area contributed by atoms with E-state index >= 15 is 0 Å². The lowest BCUT2D eigenvalue weighted by Crippen LogP contribution is -2.17. The Labute approximate surface area is 130 Å². The monoisotopic (exact) mass is 296 g/mol. The molecule has 0 amide bonds. The highest BCUT2D eigenvalue weighted by atomic mass is 16.5. The number of esters is 1. The zero-order chi connectivity index (χ0) is 16.1. The van der Waals surface area contributed by atoms with Gasteiger partial charge in [0.15, 0.2) is 0 Å². The SMILES string of the molecule is CCOC(=O)C(=O)c1ccc(C(C)C)c(-c2ccccc2)c1. The first-order valence-electron chi connectivity index (χ1n) is 7.45. The van der Waals surface area contributed by atoms with Gasteiger partial charge in [-0.3, -0.25) is 4.79 Å². The summed E-state index contributed by atoms with van der Waals surface area (Å²) >= 11 is 0. The van der Waals surface area contributed by atoms with Crippen molar-refractivity contribution >= 4 is 11.8 Å². The summed E-state index contributed by atoms with van der Waals surface area (Å²) in [6.07, 6.45) is 0. The third kappa shape index (κ3) is 3.42. The molecule has 0 bridgehead atoms. The highest BCUT2D eigenvalue weighted by Gasteiger charge is 2.19. The summed E-state index contributed by atoms with van der Waals surface area (Å²) in [6.45, 7) is 6.09. The van der Waals surface area contributed by atoms with Crippen LogP contribution in [0.25, 0.3) is 11.1 Å². The van der Waals surface area contributed by atoms with Crippen LogP contribution in [0.3, 0.4) is 0 Å². The number of carbonyl (C=O) groups is 2. The van der Waals surface area contributed by atoms with Crippen LogP contribution in [-0.4, -0.2) is 18.4 Å². The van der Waals surface area contributed by atoms with Gasteiger partial charge in [0.2, 0.25) is 0 Å². The van der Waals surface area contributed by atoms with Gasteiger partial charge in [0.1, 0.15) is 0 Å². The predicted molar refractivity (Wildman–Crippen MR) is 86.9 cm³/mol. The molecule has 2 aromatic carbocycles. The van der Waals surface area contributed by atoms with Gasteiger partial charge in [0.05, 0.1) is 6.61 Å². The molecule has 2 aromatic rings. The number of benzene rings is 2. The van der Waals surface area contributed by atoms with Gasteiger partial charge in [-0.15, -0.1) is 0 Å². The Morgan fingerprint density at radius 2 is 1.73 bits per heavy atom. The van der Waals surface area contributed by atoms with E-state index in [0.29, 0.717) is 11.5 Å². The van der Waals surface area contributed by atoms with E-state index < -0.39 is 11.8 Å². The first-order chi connectivity index (χ1) is 10.5. The molecule has 0 unspecified atom stereocenters. The third-order valence-electron chi connectivity index (χ3n) is 3.48. The van der Waals surface area contributed by atoms with E-state index in [0.717, 1.165) is 16.7 Å².